The zero-order valence-corrected chi connectivity index (χ0v) is 11.2. The van der Waals surface area contributed by atoms with Gasteiger partial charge in [-0.25, -0.2) is 13.8 Å². The van der Waals surface area contributed by atoms with Crippen LogP contribution >= 0.6 is 23.1 Å². The lowest BCUT2D eigenvalue weighted by Crippen LogP contribution is -2.14. The second-order valence-electron chi connectivity index (χ2n) is 3.51. The van der Waals surface area contributed by atoms with Crippen LogP contribution in [0.5, 0.6) is 0 Å². The zero-order valence-electron chi connectivity index (χ0n) is 9.52. The van der Waals surface area contributed by atoms with Gasteiger partial charge in [-0.1, -0.05) is 11.3 Å². The Morgan fingerprint density at radius 3 is 2.63 bits per heavy atom. The van der Waals surface area contributed by atoms with Crippen LogP contribution < -0.4 is 11.1 Å². The number of nitrogens with one attached hydrogen (secondary N) is 1. The normalized spacial score (nSPS) is 10.4. The molecule has 1 aromatic heterocycles. The number of rotatable bonds is 4. The summed E-state index contributed by atoms with van der Waals surface area (Å²) in [6.45, 7) is 0. The van der Waals surface area contributed by atoms with Gasteiger partial charge in [0.1, 0.15) is 11.6 Å². The summed E-state index contributed by atoms with van der Waals surface area (Å²) in [7, 11) is 0. The van der Waals surface area contributed by atoms with Gasteiger partial charge in [-0.3, -0.25) is 4.79 Å². The van der Waals surface area contributed by atoms with Crippen molar-refractivity contribution in [1.29, 1.82) is 0 Å². The molecule has 0 atom stereocenters. The molecule has 4 nitrogen and oxygen atoms in total. The molecule has 0 radical (unpaired) electrons. The number of hydrogen-bond donors (Lipinski definition) is 2. The van der Waals surface area contributed by atoms with Crippen molar-refractivity contribution in [3.8, 4) is 0 Å². The highest BCUT2D eigenvalue weighted by Crippen LogP contribution is 2.26. The maximum Gasteiger partial charge on any atom is 0.234 e. The molecule has 8 heteroatoms. The monoisotopic (exact) mass is 301 g/mol. The van der Waals surface area contributed by atoms with E-state index in [4.69, 9.17) is 5.73 Å². The Labute approximate surface area is 116 Å². The highest BCUT2D eigenvalue weighted by atomic mass is 32.2. The maximum atomic E-state index is 12.9. The molecule has 2 aromatic rings. The molecule has 0 aliphatic rings. The highest BCUT2D eigenvalue weighted by Gasteiger charge is 2.07. The van der Waals surface area contributed by atoms with E-state index in [0.29, 0.717) is 5.13 Å². The summed E-state index contributed by atoms with van der Waals surface area (Å²) in [6, 6.07) is 2.84. The van der Waals surface area contributed by atoms with E-state index in [9.17, 15) is 13.6 Å². The standard InChI is InChI=1S/C11H9F2N3OS2/c12-6-1-7(13)3-8(2-6)16-9(17)5-18-10-4-15-11(14)19-10/h1-4H,5H2,(H2,14,15)(H,16,17). The minimum absolute atomic E-state index is 0.0897. The lowest BCUT2D eigenvalue weighted by atomic mass is 10.3. The molecule has 0 bridgehead atoms. The number of amides is 1. The van der Waals surface area contributed by atoms with Crippen LogP contribution in [-0.2, 0) is 4.79 Å². The van der Waals surface area contributed by atoms with Gasteiger partial charge in [0, 0.05) is 11.8 Å². The fraction of sp³-hybridized carbons (Fsp3) is 0.0909. The van der Waals surface area contributed by atoms with Crippen LogP contribution in [0.25, 0.3) is 0 Å². The van der Waals surface area contributed by atoms with Gasteiger partial charge in [0.05, 0.1) is 16.2 Å². The summed E-state index contributed by atoms with van der Waals surface area (Å²) in [5, 5.41) is 2.84. The first-order valence-corrected chi connectivity index (χ1v) is 6.93. The smallest absolute Gasteiger partial charge is 0.234 e. The lowest BCUT2D eigenvalue weighted by molar-refractivity contribution is -0.113. The zero-order chi connectivity index (χ0) is 13.8. The van der Waals surface area contributed by atoms with E-state index < -0.39 is 11.6 Å². The van der Waals surface area contributed by atoms with Crippen molar-refractivity contribution in [3.05, 3.63) is 36.0 Å². The number of nitrogens with two attached hydrogens (primary N) is 1. The van der Waals surface area contributed by atoms with Crippen molar-refractivity contribution in [3.63, 3.8) is 0 Å². The molecule has 1 aromatic carbocycles. The number of thiazole rings is 1. The van der Waals surface area contributed by atoms with Crippen LogP contribution in [0.3, 0.4) is 0 Å². The molecule has 0 spiro atoms. The van der Waals surface area contributed by atoms with Crippen molar-refractivity contribution in [2.75, 3.05) is 16.8 Å². The first kappa shape index (κ1) is 13.8. The first-order chi connectivity index (χ1) is 9.02. The van der Waals surface area contributed by atoms with Crippen molar-refractivity contribution in [1.82, 2.24) is 4.98 Å². The van der Waals surface area contributed by atoms with Gasteiger partial charge in [0.2, 0.25) is 5.91 Å². The van der Waals surface area contributed by atoms with Gasteiger partial charge in [0.25, 0.3) is 0 Å². The fourth-order valence-corrected chi connectivity index (χ4v) is 2.86. The Kier molecular flexibility index (Phi) is 4.33. The number of carbonyl (C=O) groups is 1. The molecule has 1 heterocycles. The van der Waals surface area contributed by atoms with Gasteiger partial charge in [0.15, 0.2) is 5.13 Å². The number of carbonyl (C=O) groups excluding carboxylic acids is 1. The topological polar surface area (TPSA) is 68.0 Å². The average Bonchev–Trinajstić information content (AvgIpc) is 2.71. The summed E-state index contributed by atoms with van der Waals surface area (Å²) >= 11 is 2.52. The second-order valence-corrected chi connectivity index (χ2v) is 5.85. The summed E-state index contributed by atoms with van der Waals surface area (Å²) in [5.74, 6) is -1.72. The first-order valence-electron chi connectivity index (χ1n) is 5.13. The number of anilines is 2. The van der Waals surface area contributed by atoms with Crippen LogP contribution in [0.15, 0.2) is 28.6 Å². The van der Waals surface area contributed by atoms with E-state index in [1.54, 1.807) is 6.20 Å². The molecular weight excluding hydrogens is 292 g/mol. The Morgan fingerprint density at radius 1 is 1.37 bits per heavy atom. The van der Waals surface area contributed by atoms with E-state index >= 15 is 0 Å². The quantitative estimate of drug-likeness (QED) is 0.852. The number of nitrogen functional groups attached to an aromatic ring is 1. The number of nitrogens with zero attached hydrogens (tertiary/aromatic N) is 1. The van der Waals surface area contributed by atoms with Crippen LogP contribution in [0, 0.1) is 11.6 Å². The molecule has 100 valence electrons. The molecule has 19 heavy (non-hydrogen) atoms. The molecule has 1 amide bonds. The van der Waals surface area contributed by atoms with Gasteiger partial charge < -0.3 is 11.1 Å². The Balaban J connectivity index is 1.90. The fourth-order valence-electron chi connectivity index (χ4n) is 1.30. The molecule has 0 unspecified atom stereocenters. The second kappa shape index (κ2) is 5.98. The van der Waals surface area contributed by atoms with Crippen molar-refractivity contribution in [2.24, 2.45) is 0 Å². The molecule has 2 rings (SSSR count). The number of thioether (sulfide) groups is 1. The Bertz CT molecular complexity index is 583. The van der Waals surface area contributed by atoms with E-state index in [-0.39, 0.29) is 17.3 Å². The number of aromatic nitrogens is 1. The molecule has 0 aliphatic carbocycles. The third kappa shape index (κ3) is 4.18. The van der Waals surface area contributed by atoms with Crippen LogP contribution in [-0.4, -0.2) is 16.6 Å². The van der Waals surface area contributed by atoms with Gasteiger partial charge in [-0.05, 0) is 12.1 Å². The molecule has 0 saturated carbocycles. The molecular formula is C11H9F2N3OS2. The summed E-state index contributed by atoms with van der Waals surface area (Å²) in [5.41, 5.74) is 5.54. The van der Waals surface area contributed by atoms with Crippen molar-refractivity contribution in [2.45, 2.75) is 4.21 Å². The maximum absolute atomic E-state index is 12.9. The number of hydrogen-bond acceptors (Lipinski definition) is 5. The van der Waals surface area contributed by atoms with Crippen LogP contribution in [0.4, 0.5) is 19.6 Å². The van der Waals surface area contributed by atoms with Gasteiger partial charge in [-0.2, -0.15) is 0 Å². The van der Waals surface area contributed by atoms with Crippen LogP contribution in [0.1, 0.15) is 0 Å². The van der Waals surface area contributed by atoms with E-state index in [1.807, 2.05) is 0 Å². The highest BCUT2D eigenvalue weighted by molar-refractivity contribution is 8.01. The summed E-state index contributed by atoms with van der Waals surface area (Å²) in [6.07, 6.45) is 1.57. The Morgan fingerprint density at radius 2 is 2.05 bits per heavy atom. The molecule has 0 saturated heterocycles. The SMILES string of the molecule is Nc1ncc(SCC(=O)Nc2cc(F)cc(F)c2)s1. The van der Waals surface area contributed by atoms with Gasteiger partial charge >= 0.3 is 0 Å². The molecule has 3 N–H and O–H groups in total. The summed E-state index contributed by atoms with van der Waals surface area (Å²) < 4.78 is 26.6. The van der Waals surface area contributed by atoms with Gasteiger partial charge in [-0.15, -0.1) is 11.8 Å². The largest absolute Gasteiger partial charge is 0.375 e. The van der Waals surface area contributed by atoms with E-state index in [2.05, 4.69) is 10.3 Å². The minimum atomic E-state index is -0.738. The predicted molar refractivity (Wildman–Crippen MR) is 72.2 cm³/mol. The number of benzene rings is 1. The third-order valence-electron chi connectivity index (χ3n) is 1.99. The van der Waals surface area contributed by atoms with Crippen molar-refractivity contribution >= 4 is 39.8 Å². The number of halogens is 2. The molecule has 0 aliphatic heterocycles. The molecule has 0 fully saturated rings. The Hall–Kier alpha value is -1.67. The van der Waals surface area contributed by atoms with Crippen molar-refractivity contribution < 1.29 is 13.6 Å². The average molecular weight is 301 g/mol. The third-order valence-corrected chi connectivity index (χ3v) is 4.02. The van der Waals surface area contributed by atoms with E-state index in [1.165, 1.54) is 23.1 Å². The lowest BCUT2D eigenvalue weighted by Gasteiger charge is -2.04. The van der Waals surface area contributed by atoms with E-state index in [0.717, 1.165) is 22.4 Å². The minimum Gasteiger partial charge on any atom is -0.375 e. The predicted octanol–water partition coefficient (Wildman–Crippen LogP) is 2.73. The van der Waals surface area contributed by atoms with Crippen LogP contribution in [0.2, 0.25) is 0 Å². The summed E-state index contributed by atoms with van der Waals surface area (Å²) in [4.78, 5) is 15.4.